The molecule has 2 aromatic carbocycles. The Morgan fingerprint density at radius 1 is 1.33 bits per heavy atom. The molecule has 0 heterocycles. The number of benzene rings is 2. The number of nitro groups is 1. The van der Waals surface area contributed by atoms with E-state index in [2.05, 4.69) is 10.5 Å². The summed E-state index contributed by atoms with van der Waals surface area (Å²) in [6.07, 6.45) is 0.331. The van der Waals surface area contributed by atoms with Crippen molar-refractivity contribution in [2.24, 2.45) is 5.10 Å². The van der Waals surface area contributed by atoms with E-state index in [0.717, 1.165) is 0 Å². The maximum atomic E-state index is 12.1. The van der Waals surface area contributed by atoms with Crippen molar-refractivity contribution in [2.75, 3.05) is 7.11 Å². The maximum absolute atomic E-state index is 12.1. The highest BCUT2D eigenvalue weighted by atomic mass is 35.5. The number of halogens is 1. The lowest BCUT2D eigenvalue weighted by molar-refractivity contribution is -0.385. The molecule has 0 saturated carbocycles. The molecule has 0 unspecified atom stereocenters. The molecule has 24 heavy (non-hydrogen) atoms. The molecule has 2 aromatic rings. The van der Waals surface area contributed by atoms with Crippen LogP contribution in [-0.4, -0.2) is 24.2 Å². The molecule has 2 rings (SSSR count). The Morgan fingerprint density at radius 3 is 2.67 bits per heavy atom. The summed E-state index contributed by atoms with van der Waals surface area (Å²) in [6.45, 7) is 0. The summed E-state index contributed by atoms with van der Waals surface area (Å²) in [6, 6.07) is 13.0. The fourth-order valence-corrected chi connectivity index (χ4v) is 2.22. The number of rotatable bonds is 6. The van der Waals surface area contributed by atoms with Crippen LogP contribution in [0.25, 0.3) is 0 Å². The van der Waals surface area contributed by atoms with Crippen LogP contribution in [-0.2, 0) is 9.53 Å². The second-order valence-corrected chi connectivity index (χ2v) is 5.16. The predicted molar refractivity (Wildman–Crippen MR) is 90.0 cm³/mol. The minimum atomic E-state index is -0.835. The van der Waals surface area contributed by atoms with Crippen LogP contribution in [0.3, 0.4) is 0 Å². The molecule has 0 aliphatic carbocycles. The van der Waals surface area contributed by atoms with Crippen molar-refractivity contribution in [1.82, 2.24) is 5.43 Å². The molecule has 1 atom stereocenters. The number of hydrogen-bond acceptors (Lipinski definition) is 5. The lowest BCUT2D eigenvalue weighted by atomic mass is 10.1. The summed E-state index contributed by atoms with van der Waals surface area (Å²) in [4.78, 5) is 22.5. The summed E-state index contributed by atoms with van der Waals surface area (Å²) < 4.78 is 5.17. The number of nitrogens with zero attached hydrogens (tertiary/aromatic N) is 2. The van der Waals surface area contributed by atoms with Gasteiger partial charge in [0.2, 0.25) is 0 Å². The number of ether oxygens (including phenoxy) is 1. The SMILES string of the molecule is CO[C@@H](C(=O)N/N=C\c1cc(Cl)ccc1[N+](=O)[O-])c1ccccc1. The highest BCUT2D eigenvalue weighted by Gasteiger charge is 2.19. The quantitative estimate of drug-likeness (QED) is 0.493. The first-order valence-corrected chi connectivity index (χ1v) is 7.25. The first-order chi connectivity index (χ1) is 11.5. The monoisotopic (exact) mass is 347 g/mol. The molecule has 0 aromatic heterocycles. The smallest absolute Gasteiger partial charge is 0.278 e. The van der Waals surface area contributed by atoms with Crippen LogP contribution in [0.1, 0.15) is 17.2 Å². The standard InChI is InChI=1S/C16H14ClN3O4/c1-24-15(11-5-3-2-4-6-11)16(21)19-18-10-12-9-13(17)7-8-14(12)20(22)23/h2-10,15H,1H3,(H,19,21)/b18-10-/t15-/m1/s1. The molecule has 0 aliphatic heterocycles. The van der Waals surface area contributed by atoms with E-state index in [4.69, 9.17) is 16.3 Å². The Labute approximate surface area is 143 Å². The van der Waals surface area contributed by atoms with Crippen LogP contribution in [0.2, 0.25) is 5.02 Å². The number of methoxy groups -OCH3 is 1. The van der Waals surface area contributed by atoms with Crippen molar-refractivity contribution in [3.63, 3.8) is 0 Å². The zero-order valence-corrected chi connectivity index (χ0v) is 13.4. The molecular weight excluding hydrogens is 334 g/mol. The predicted octanol–water partition coefficient (Wildman–Crippen LogP) is 3.09. The molecule has 0 bridgehead atoms. The first-order valence-electron chi connectivity index (χ1n) is 6.87. The Bertz CT molecular complexity index is 765. The zero-order chi connectivity index (χ0) is 17.5. The lowest BCUT2D eigenvalue weighted by Gasteiger charge is -2.13. The molecule has 1 N–H and O–H groups in total. The second-order valence-electron chi connectivity index (χ2n) is 4.72. The summed E-state index contributed by atoms with van der Waals surface area (Å²) >= 11 is 5.82. The van der Waals surface area contributed by atoms with Gasteiger partial charge in [0.1, 0.15) is 0 Å². The molecule has 0 fully saturated rings. The van der Waals surface area contributed by atoms with Crippen molar-refractivity contribution in [3.05, 3.63) is 74.8 Å². The van der Waals surface area contributed by atoms with Crippen LogP contribution < -0.4 is 5.43 Å². The van der Waals surface area contributed by atoms with E-state index >= 15 is 0 Å². The summed E-state index contributed by atoms with van der Waals surface area (Å²) in [5, 5.41) is 15.0. The van der Waals surface area contributed by atoms with Crippen LogP contribution in [0.4, 0.5) is 5.69 Å². The Kier molecular flexibility index (Phi) is 6.00. The molecular formula is C16H14ClN3O4. The number of amides is 1. The Morgan fingerprint density at radius 2 is 2.04 bits per heavy atom. The van der Waals surface area contributed by atoms with Crippen LogP contribution >= 0.6 is 11.6 Å². The van der Waals surface area contributed by atoms with E-state index in [1.807, 2.05) is 6.07 Å². The number of hydrogen-bond donors (Lipinski definition) is 1. The fourth-order valence-electron chi connectivity index (χ4n) is 2.04. The van der Waals surface area contributed by atoms with Gasteiger partial charge in [0.25, 0.3) is 11.6 Å². The third-order valence-electron chi connectivity index (χ3n) is 3.14. The normalized spacial score (nSPS) is 12.1. The molecule has 0 radical (unpaired) electrons. The van der Waals surface area contributed by atoms with E-state index in [-0.39, 0.29) is 11.3 Å². The topological polar surface area (TPSA) is 93.8 Å². The van der Waals surface area contributed by atoms with Gasteiger partial charge in [-0.25, -0.2) is 5.43 Å². The summed E-state index contributed by atoms with van der Waals surface area (Å²) in [5.41, 5.74) is 2.99. The van der Waals surface area contributed by atoms with Gasteiger partial charge in [-0.05, 0) is 17.7 Å². The van der Waals surface area contributed by atoms with Gasteiger partial charge in [0.05, 0.1) is 16.7 Å². The van der Waals surface area contributed by atoms with Gasteiger partial charge >= 0.3 is 0 Å². The van der Waals surface area contributed by atoms with E-state index in [0.29, 0.717) is 10.6 Å². The van der Waals surface area contributed by atoms with E-state index < -0.39 is 16.9 Å². The molecule has 1 amide bonds. The van der Waals surface area contributed by atoms with Crippen molar-refractivity contribution in [3.8, 4) is 0 Å². The van der Waals surface area contributed by atoms with Gasteiger partial charge in [-0.2, -0.15) is 5.10 Å². The Balaban J connectivity index is 2.12. The van der Waals surface area contributed by atoms with E-state index in [1.165, 1.54) is 31.5 Å². The van der Waals surface area contributed by atoms with Crippen molar-refractivity contribution in [1.29, 1.82) is 0 Å². The minimum Gasteiger partial charge on any atom is -0.367 e. The third kappa shape index (κ3) is 4.37. The van der Waals surface area contributed by atoms with Crippen molar-refractivity contribution >= 4 is 29.4 Å². The molecule has 0 saturated heterocycles. The zero-order valence-electron chi connectivity index (χ0n) is 12.7. The van der Waals surface area contributed by atoms with Gasteiger partial charge in [-0.1, -0.05) is 41.9 Å². The largest absolute Gasteiger partial charge is 0.367 e. The molecule has 8 heteroatoms. The van der Waals surface area contributed by atoms with Crippen LogP contribution in [0, 0.1) is 10.1 Å². The number of carbonyl (C=O) groups excluding carboxylic acids is 1. The Hall–Kier alpha value is -2.77. The number of nitrogens with one attached hydrogen (secondary N) is 1. The van der Waals surface area contributed by atoms with Crippen LogP contribution in [0.5, 0.6) is 0 Å². The van der Waals surface area contributed by atoms with Gasteiger partial charge in [0.15, 0.2) is 6.10 Å². The lowest BCUT2D eigenvalue weighted by Crippen LogP contribution is -2.26. The average molecular weight is 348 g/mol. The van der Waals surface area contributed by atoms with E-state index in [1.54, 1.807) is 24.3 Å². The van der Waals surface area contributed by atoms with Gasteiger partial charge < -0.3 is 4.74 Å². The van der Waals surface area contributed by atoms with Gasteiger partial charge in [-0.15, -0.1) is 0 Å². The van der Waals surface area contributed by atoms with Crippen molar-refractivity contribution in [2.45, 2.75) is 6.10 Å². The van der Waals surface area contributed by atoms with Crippen molar-refractivity contribution < 1.29 is 14.5 Å². The van der Waals surface area contributed by atoms with Gasteiger partial charge in [-0.3, -0.25) is 14.9 Å². The molecule has 7 nitrogen and oxygen atoms in total. The number of hydrazone groups is 1. The second kappa shape index (κ2) is 8.19. The highest BCUT2D eigenvalue weighted by molar-refractivity contribution is 6.31. The number of carbonyl (C=O) groups is 1. The molecule has 0 spiro atoms. The maximum Gasteiger partial charge on any atom is 0.278 e. The average Bonchev–Trinajstić information content (AvgIpc) is 2.56. The number of nitro benzene ring substituents is 1. The van der Waals surface area contributed by atoms with Crippen LogP contribution in [0.15, 0.2) is 53.6 Å². The highest BCUT2D eigenvalue weighted by Crippen LogP contribution is 2.21. The molecule has 124 valence electrons. The third-order valence-corrected chi connectivity index (χ3v) is 3.38. The van der Waals surface area contributed by atoms with E-state index in [9.17, 15) is 14.9 Å². The fraction of sp³-hybridized carbons (Fsp3) is 0.125. The summed E-state index contributed by atoms with van der Waals surface area (Å²) in [7, 11) is 1.41. The van der Waals surface area contributed by atoms with Gasteiger partial charge in [0, 0.05) is 18.2 Å². The minimum absolute atomic E-state index is 0.163. The molecule has 0 aliphatic rings. The summed E-state index contributed by atoms with van der Waals surface area (Å²) in [5.74, 6) is -0.496. The first kappa shape index (κ1) is 17.6.